The third-order valence-corrected chi connectivity index (χ3v) is 5.05. The van der Waals surface area contributed by atoms with Crippen LogP contribution in [0.2, 0.25) is 0 Å². The van der Waals surface area contributed by atoms with Crippen LogP contribution in [0.1, 0.15) is 49.7 Å². The minimum absolute atomic E-state index is 0.991. The summed E-state index contributed by atoms with van der Waals surface area (Å²) in [7, 11) is 2.19. The summed E-state index contributed by atoms with van der Waals surface area (Å²) >= 11 is 0. The van der Waals surface area contributed by atoms with Crippen molar-refractivity contribution in [2.24, 2.45) is 5.92 Å². The number of fused-ring (bicyclic) bond motifs is 1. The van der Waals surface area contributed by atoms with Gasteiger partial charge in [0.25, 0.3) is 0 Å². The van der Waals surface area contributed by atoms with Crippen molar-refractivity contribution in [3.8, 4) is 0 Å². The molecule has 1 aromatic rings. The molecule has 0 radical (unpaired) electrons. The van der Waals surface area contributed by atoms with E-state index in [9.17, 15) is 0 Å². The van der Waals surface area contributed by atoms with Crippen molar-refractivity contribution < 1.29 is 0 Å². The number of likely N-dealkylation sites (N-methyl/N-ethyl adjacent to an activating group) is 1. The normalized spacial score (nSPS) is 19.4. The van der Waals surface area contributed by atoms with Crippen molar-refractivity contribution >= 4 is 5.69 Å². The van der Waals surface area contributed by atoms with Gasteiger partial charge in [0.05, 0.1) is 0 Å². The number of rotatable bonds is 5. The molecule has 3 rings (SSSR count). The van der Waals surface area contributed by atoms with Gasteiger partial charge in [-0.05, 0) is 42.5 Å². The highest BCUT2D eigenvalue weighted by molar-refractivity contribution is 5.58. The lowest BCUT2D eigenvalue weighted by atomic mass is 9.87. The molecule has 1 saturated carbocycles. The van der Waals surface area contributed by atoms with Gasteiger partial charge in [-0.3, -0.25) is 0 Å². The standard InChI is InChI=1S/C18H28N2/c1-20-12-10-17-13-16(7-8-18(17)20)14-19-11-9-15-5-3-2-4-6-15/h7-8,13,15,19H,2-6,9-12,14H2,1H3. The van der Waals surface area contributed by atoms with Crippen LogP contribution in [0.4, 0.5) is 5.69 Å². The number of nitrogens with zero attached hydrogens (tertiary/aromatic N) is 1. The molecule has 1 aromatic carbocycles. The number of anilines is 1. The largest absolute Gasteiger partial charge is 0.374 e. The van der Waals surface area contributed by atoms with Crippen molar-refractivity contribution in [3.63, 3.8) is 0 Å². The second-order valence-electron chi connectivity index (χ2n) is 6.60. The molecule has 2 heteroatoms. The maximum atomic E-state index is 3.64. The summed E-state index contributed by atoms with van der Waals surface area (Å²) in [6.07, 6.45) is 9.90. The summed E-state index contributed by atoms with van der Waals surface area (Å²) in [6.45, 7) is 3.39. The number of nitrogens with one attached hydrogen (secondary N) is 1. The molecule has 0 amide bonds. The first-order valence-corrected chi connectivity index (χ1v) is 8.36. The number of hydrogen-bond acceptors (Lipinski definition) is 2. The Bertz CT molecular complexity index is 435. The molecule has 2 nitrogen and oxygen atoms in total. The van der Waals surface area contributed by atoms with E-state index in [1.807, 2.05) is 0 Å². The molecule has 0 aromatic heterocycles. The highest BCUT2D eigenvalue weighted by Crippen LogP contribution is 2.27. The highest BCUT2D eigenvalue weighted by atomic mass is 15.1. The Hall–Kier alpha value is -1.02. The molecule has 2 aliphatic rings. The molecular formula is C18H28N2. The van der Waals surface area contributed by atoms with Gasteiger partial charge in [-0.25, -0.2) is 0 Å². The van der Waals surface area contributed by atoms with Gasteiger partial charge in [0, 0.05) is 25.8 Å². The molecule has 1 fully saturated rings. The molecule has 1 heterocycles. The minimum Gasteiger partial charge on any atom is -0.374 e. The molecule has 20 heavy (non-hydrogen) atoms. The lowest BCUT2D eigenvalue weighted by molar-refractivity contribution is 0.334. The van der Waals surface area contributed by atoms with Crippen molar-refractivity contribution in [1.82, 2.24) is 5.32 Å². The van der Waals surface area contributed by atoms with E-state index in [1.54, 1.807) is 0 Å². The number of benzene rings is 1. The van der Waals surface area contributed by atoms with Crippen molar-refractivity contribution in [1.29, 1.82) is 0 Å². The van der Waals surface area contributed by atoms with Crippen molar-refractivity contribution in [3.05, 3.63) is 29.3 Å². The summed E-state index contributed by atoms with van der Waals surface area (Å²) in [5.41, 5.74) is 4.40. The zero-order valence-corrected chi connectivity index (χ0v) is 12.8. The van der Waals surface area contributed by atoms with Crippen LogP contribution in [0, 0.1) is 5.92 Å². The Labute approximate surface area is 123 Å². The van der Waals surface area contributed by atoms with E-state index in [4.69, 9.17) is 0 Å². The molecule has 0 spiro atoms. The fraction of sp³-hybridized carbons (Fsp3) is 0.667. The summed E-state index contributed by atoms with van der Waals surface area (Å²) < 4.78 is 0. The van der Waals surface area contributed by atoms with Gasteiger partial charge in [-0.2, -0.15) is 0 Å². The average Bonchev–Trinajstić information content (AvgIpc) is 2.86. The fourth-order valence-electron chi connectivity index (χ4n) is 3.74. The van der Waals surface area contributed by atoms with Crippen molar-refractivity contribution in [2.45, 2.75) is 51.5 Å². The predicted octanol–water partition coefficient (Wildman–Crippen LogP) is 3.74. The highest BCUT2D eigenvalue weighted by Gasteiger charge is 2.15. The van der Waals surface area contributed by atoms with Crippen LogP contribution in [0.25, 0.3) is 0 Å². The minimum atomic E-state index is 0.991. The van der Waals surface area contributed by atoms with Gasteiger partial charge >= 0.3 is 0 Å². The van der Waals surface area contributed by atoms with Crippen LogP contribution in [0.15, 0.2) is 18.2 Å². The Morgan fingerprint density at radius 1 is 1.20 bits per heavy atom. The third kappa shape index (κ3) is 3.35. The van der Waals surface area contributed by atoms with Gasteiger partial charge < -0.3 is 10.2 Å². The van der Waals surface area contributed by atoms with Gasteiger partial charge in [-0.1, -0.05) is 44.2 Å². The lowest BCUT2D eigenvalue weighted by Gasteiger charge is -2.21. The first-order chi connectivity index (χ1) is 9.83. The predicted molar refractivity (Wildman–Crippen MR) is 86.3 cm³/mol. The molecule has 0 atom stereocenters. The quantitative estimate of drug-likeness (QED) is 0.822. The van der Waals surface area contributed by atoms with E-state index in [2.05, 4.69) is 35.5 Å². The smallest absolute Gasteiger partial charge is 0.0397 e. The van der Waals surface area contributed by atoms with E-state index < -0.39 is 0 Å². The van der Waals surface area contributed by atoms with Gasteiger partial charge in [0.1, 0.15) is 0 Å². The van der Waals surface area contributed by atoms with E-state index in [0.717, 1.165) is 12.5 Å². The summed E-state index contributed by atoms with van der Waals surface area (Å²) in [6, 6.07) is 6.97. The van der Waals surface area contributed by atoms with Gasteiger partial charge in [0.15, 0.2) is 0 Å². The SMILES string of the molecule is CN1CCc2cc(CNCCC3CCCCC3)ccc21. The molecule has 0 saturated heterocycles. The fourth-order valence-corrected chi connectivity index (χ4v) is 3.74. The van der Waals surface area contributed by atoms with Crippen LogP contribution in [0.5, 0.6) is 0 Å². The number of hydrogen-bond donors (Lipinski definition) is 1. The van der Waals surface area contributed by atoms with E-state index in [1.165, 1.54) is 74.8 Å². The Kier molecular flexibility index (Phi) is 4.62. The Morgan fingerprint density at radius 2 is 2.05 bits per heavy atom. The Morgan fingerprint density at radius 3 is 2.90 bits per heavy atom. The Balaban J connectivity index is 1.42. The van der Waals surface area contributed by atoms with Crippen LogP contribution >= 0.6 is 0 Å². The van der Waals surface area contributed by atoms with E-state index in [0.29, 0.717) is 0 Å². The van der Waals surface area contributed by atoms with E-state index in [-0.39, 0.29) is 0 Å². The molecule has 1 aliphatic carbocycles. The van der Waals surface area contributed by atoms with E-state index >= 15 is 0 Å². The van der Waals surface area contributed by atoms with Gasteiger partial charge in [-0.15, -0.1) is 0 Å². The summed E-state index contributed by atoms with van der Waals surface area (Å²) in [5.74, 6) is 0.991. The van der Waals surface area contributed by atoms with Crippen LogP contribution in [-0.2, 0) is 13.0 Å². The molecule has 110 valence electrons. The summed E-state index contributed by atoms with van der Waals surface area (Å²) in [5, 5.41) is 3.64. The first-order valence-electron chi connectivity index (χ1n) is 8.36. The lowest BCUT2D eigenvalue weighted by Crippen LogP contribution is -2.19. The molecule has 0 bridgehead atoms. The zero-order chi connectivity index (χ0) is 13.8. The summed E-state index contributed by atoms with van der Waals surface area (Å²) in [4.78, 5) is 2.36. The third-order valence-electron chi connectivity index (χ3n) is 5.05. The topological polar surface area (TPSA) is 15.3 Å². The van der Waals surface area contributed by atoms with Crippen LogP contribution in [-0.4, -0.2) is 20.1 Å². The second-order valence-corrected chi connectivity index (χ2v) is 6.60. The molecule has 1 N–H and O–H groups in total. The second kappa shape index (κ2) is 6.62. The van der Waals surface area contributed by atoms with Crippen LogP contribution in [0.3, 0.4) is 0 Å². The monoisotopic (exact) mass is 272 g/mol. The average molecular weight is 272 g/mol. The molecule has 1 aliphatic heterocycles. The van der Waals surface area contributed by atoms with Crippen LogP contribution < -0.4 is 10.2 Å². The molecular weight excluding hydrogens is 244 g/mol. The first kappa shape index (κ1) is 13.9. The molecule has 0 unspecified atom stereocenters. The maximum Gasteiger partial charge on any atom is 0.0397 e. The maximum absolute atomic E-state index is 3.64. The zero-order valence-electron chi connectivity index (χ0n) is 12.8. The van der Waals surface area contributed by atoms with Crippen molar-refractivity contribution in [2.75, 3.05) is 25.0 Å². The van der Waals surface area contributed by atoms with Gasteiger partial charge in [0.2, 0.25) is 0 Å².